The maximum Gasteiger partial charge on any atom is 0.269 e. The summed E-state index contributed by atoms with van der Waals surface area (Å²) in [5.41, 5.74) is 1.90. The molecule has 0 aromatic heterocycles. The first-order valence-corrected chi connectivity index (χ1v) is 10.1. The number of fused-ring (bicyclic) bond motifs is 1. The fraction of sp³-hybridized carbons (Fsp3) is 0.0870. The van der Waals surface area contributed by atoms with Crippen LogP contribution in [0.4, 0.5) is 17.1 Å². The zero-order valence-electron chi connectivity index (χ0n) is 16.5. The third kappa shape index (κ3) is 3.12. The second kappa shape index (κ2) is 7.58. The Morgan fingerprint density at radius 3 is 2.22 bits per heavy atom. The molecular weight excluding hydrogens is 432 g/mol. The van der Waals surface area contributed by atoms with Crippen molar-refractivity contribution in [2.75, 3.05) is 9.91 Å². The second-order valence-electron chi connectivity index (χ2n) is 7.38. The fourth-order valence-corrected chi connectivity index (χ4v) is 4.25. The van der Waals surface area contributed by atoms with Crippen molar-refractivity contribution >= 4 is 46.2 Å². The van der Waals surface area contributed by atoms with E-state index in [1.165, 1.54) is 12.1 Å². The van der Waals surface area contributed by atoms with Gasteiger partial charge in [-0.2, -0.15) is 5.10 Å². The van der Waals surface area contributed by atoms with Crippen LogP contribution in [-0.2, 0) is 9.59 Å². The first-order chi connectivity index (χ1) is 15.5. The van der Waals surface area contributed by atoms with E-state index >= 15 is 0 Å². The predicted octanol–water partition coefficient (Wildman–Crippen LogP) is 4.03. The van der Waals surface area contributed by atoms with Crippen LogP contribution in [0.2, 0.25) is 5.02 Å². The Labute approximate surface area is 187 Å². The number of para-hydroxylation sites is 1. The van der Waals surface area contributed by atoms with Gasteiger partial charge in [-0.3, -0.25) is 24.7 Å². The van der Waals surface area contributed by atoms with Gasteiger partial charge < -0.3 is 0 Å². The summed E-state index contributed by atoms with van der Waals surface area (Å²) in [6.07, 6.45) is 0. The van der Waals surface area contributed by atoms with Gasteiger partial charge in [-0.05, 0) is 48.0 Å². The van der Waals surface area contributed by atoms with Crippen molar-refractivity contribution in [2.45, 2.75) is 6.04 Å². The number of benzene rings is 3. The molecule has 1 fully saturated rings. The van der Waals surface area contributed by atoms with Gasteiger partial charge in [-0.15, -0.1) is 0 Å². The minimum Gasteiger partial charge on any atom is -0.273 e. The predicted molar refractivity (Wildman–Crippen MR) is 120 cm³/mol. The smallest absolute Gasteiger partial charge is 0.269 e. The average molecular weight is 447 g/mol. The molecule has 0 spiro atoms. The van der Waals surface area contributed by atoms with Gasteiger partial charge in [0, 0.05) is 17.2 Å². The lowest BCUT2D eigenvalue weighted by Gasteiger charge is -2.22. The molecular formula is C23H15ClN4O4. The molecule has 0 radical (unpaired) electrons. The Morgan fingerprint density at radius 1 is 0.875 bits per heavy atom. The summed E-state index contributed by atoms with van der Waals surface area (Å²) < 4.78 is 0. The highest BCUT2D eigenvalue weighted by Crippen LogP contribution is 2.39. The maximum absolute atomic E-state index is 13.5. The quantitative estimate of drug-likeness (QED) is 0.342. The van der Waals surface area contributed by atoms with Gasteiger partial charge in [0.2, 0.25) is 5.91 Å². The Hall–Kier alpha value is -4.04. The van der Waals surface area contributed by atoms with Crippen LogP contribution in [0.15, 0.2) is 84.0 Å². The number of halogens is 1. The molecule has 3 aromatic carbocycles. The van der Waals surface area contributed by atoms with Crippen LogP contribution in [0.25, 0.3) is 0 Å². The number of nitro groups is 1. The van der Waals surface area contributed by atoms with Crippen molar-refractivity contribution in [3.05, 3.63) is 99.6 Å². The van der Waals surface area contributed by atoms with Crippen molar-refractivity contribution in [3.8, 4) is 0 Å². The maximum atomic E-state index is 13.5. The van der Waals surface area contributed by atoms with Crippen LogP contribution in [-0.4, -0.2) is 28.5 Å². The molecule has 32 heavy (non-hydrogen) atoms. The first-order valence-electron chi connectivity index (χ1n) is 9.76. The van der Waals surface area contributed by atoms with E-state index in [-0.39, 0.29) is 5.69 Å². The molecule has 9 heteroatoms. The van der Waals surface area contributed by atoms with Gasteiger partial charge in [0.1, 0.15) is 12.0 Å². The van der Waals surface area contributed by atoms with E-state index in [0.717, 1.165) is 4.90 Å². The summed E-state index contributed by atoms with van der Waals surface area (Å²) in [6.45, 7) is 0. The number of hydrogen-bond donors (Lipinski definition) is 0. The fourth-order valence-electron chi connectivity index (χ4n) is 4.07. The lowest BCUT2D eigenvalue weighted by atomic mass is 9.92. The number of hydrazone groups is 1. The Bertz CT molecular complexity index is 1280. The van der Waals surface area contributed by atoms with Crippen molar-refractivity contribution in [2.24, 2.45) is 11.0 Å². The van der Waals surface area contributed by atoms with E-state index in [1.54, 1.807) is 53.5 Å². The zero-order chi connectivity index (χ0) is 22.4. The molecule has 2 aliphatic rings. The number of amides is 2. The van der Waals surface area contributed by atoms with Gasteiger partial charge in [-0.25, -0.2) is 4.90 Å². The Morgan fingerprint density at radius 2 is 1.56 bits per heavy atom. The molecule has 2 aliphatic heterocycles. The summed E-state index contributed by atoms with van der Waals surface area (Å²) in [7, 11) is 0. The molecule has 2 atom stereocenters. The van der Waals surface area contributed by atoms with Crippen LogP contribution in [0.1, 0.15) is 5.56 Å². The van der Waals surface area contributed by atoms with Crippen LogP contribution in [0, 0.1) is 16.0 Å². The molecule has 5 rings (SSSR count). The van der Waals surface area contributed by atoms with Crippen molar-refractivity contribution in [3.63, 3.8) is 0 Å². The molecule has 158 valence electrons. The van der Waals surface area contributed by atoms with Crippen molar-refractivity contribution in [1.29, 1.82) is 0 Å². The molecule has 0 aliphatic carbocycles. The van der Waals surface area contributed by atoms with Crippen LogP contribution < -0.4 is 9.91 Å². The highest BCUT2D eigenvalue weighted by molar-refractivity contribution is 6.35. The van der Waals surface area contributed by atoms with E-state index in [2.05, 4.69) is 5.10 Å². The third-order valence-corrected chi connectivity index (χ3v) is 5.75. The number of nitrogens with zero attached hydrogens (tertiary/aromatic N) is 4. The number of carbonyl (C=O) groups is 2. The molecule has 0 bridgehead atoms. The van der Waals surface area contributed by atoms with Crippen molar-refractivity contribution < 1.29 is 14.5 Å². The van der Waals surface area contributed by atoms with Gasteiger partial charge in [-0.1, -0.05) is 35.9 Å². The molecule has 2 heterocycles. The van der Waals surface area contributed by atoms with Crippen LogP contribution in [0.5, 0.6) is 0 Å². The number of nitro benzene ring substituents is 1. The van der Waals surface area contributed by atoms with E-state index in [4.69, 9.17) is 11.6 Å². The molecule has 1 saturated heterocycles. The normalized spacial score (nSPS) is 19.8. The second-order valence-corrected chi connectivity index (χ2v) is 7.82. The van der Waals surface area contributed by atoms with Gasteiger partial charge in [0.25, 0.3) is 11.6 Å². The largest absolute Gasteiger partial charge is 0.273 e. The van der Waals surface area contributed by atoms with Gasteiger partial charge in [0.15, 0.2) is 0 Å². The molecule has 0 N–H and O–H groups in total. The number of rotatable bonds is 4. The molecule has 2 unspecified atom stereocenters. The number of imide groups is 1. The first kappa shape index (κ1) is 19.9. The average Bonchev–Trinajstić information content (AvgIpc) is 3.31. The van der Waals surface area contributed by atoms with E-state index < -0.39 is 28.7 Å². The van der Waals surface area contributed by atoms with E-state index in [1.807, 2.05) is 18.2 Å². The summed E-state index contributed by atoms with van der Waals surface area (Å²) in [5.74, 6) is -1.69. The van der Waals surface area contributed by atoms with Crippen LogP contribution in [0.3, 0.4) is 0 Å². The summed E-state index contributed by atoms with van der Waals surface area (Å²) in [4.78, 5) is 38.6. The standard InChI is InChI=1S/C23H15ClN4O4/c24-15-5-4-8-18(13-15)26-22(29)19-20(14-9-11-17(12-10-14)28(31)32)25-27(21(19)23(26)30)16-6-2-1-3-7-16/h1-13,19,21H. The molecule has 3 aromatic rings. The molecule has 2 amide bonds. The minimum atomic E-state index is -0.867. The number of non-ortho nitro benzene ring substituents is 1. The van der Waals surface area contributed by atoms with E-state index in [0.29, 0.717) is 27.7 Å². The van der Waals surface area contributed by atoms with Crippen LogP contribution >= 0.6 is 11.6 Å². The van der Waals surface area contributed by atoms with E-state index in [9.17, 15) is 19.7 Å². The third-order valence-electron chi connectivity index (χ3n) is 5.51. The SMILES string of the molecule is O=C1C2C(c3ccc([N+](=O)[O-])cc3)=NN(c3ccccc3)C2C(=O)N1c1cccc(Cl)c1. The number of hydrogen-bond acceptors (Lipinski definition) is 6. The summed E-state index contributed by atoms with van der Waals surface area (Å²) in [6, 6.07) is 20.6. The topological polar surface area (TPSA) is 96.1 Å². The zero-order valence-corrected chi connectivity index (χ0v) is 17.2. The number of anilines is 2. The Balaban J connectivity index is 1.62. The summed E-state index contributed by atoms with van der Waals surface area (Å²) >= 11 is 6.09. The summed E-state index contributed by atoms with van der Waals surface area (Å²) in [5, 5.41) is 17.6. The monoisotopic (exact) mass is 446 g/mol. The highest BCUT2D eigenvalue weighted by Gasteiger charge is 2.57. The molecule has 8 nitrogen and oxygen atoms in total. The Kier molecular flexibility index (Phi) is 4.71. The number of carbonyl (C=O) groups excluding carboxylic acids is 2. The minimum absolute atomic E-state index is 0.0711. The lowest BCUT2D eigenvalue weighted by Crippen LogP contribution is -2.39. The van der Waals surface area contributed by atoms with Gasteiger partial charge in [0.05, 0.1) is 22.0 Å². The van der Waals surface area contributed by atoms with Crippen molar-refractivity contribution in [1.82, 2.24) is 0 Å². The molecule has 0 saturated carbocycles. The lowest BCUT2D eigenvalue weighted by molar-refractivity contribution is -0.384. The van der Waals surface area contributed by atoms with Gasteiger partial charge >= 0.3 is 0 Å². The highest BCUT2D eigenvalue weighted by atomic mass is 35.5.